The van der Waals surface area contributed by atoms with Crippen LogP contribution >= 0.6 is 0 Å². The third-order valence-corrected chi connectivity index (χ3v) is 5.27. The van der Waals surface area contributed by atoms with Crippen LogP contribution in [0.1, 0.15) is 43.9 Å². The molecule has 1 aromatic carbocycles. The molecule has 0 unspecified atom stereocenters. The second kappa shape index (κ2) is 8.46. The van der Waals surface area contributed by atoms with E-state index < -0.39 is 29.6 Å². The highest BCUT2D eigenvalue weighted by Crippen LogP contribution is 2.29. The average Bonchev–Trinajstić information content (AvgIpc) is 2.65. The summed E-state index contributed by atoms with van der Waals surface area (Å²) in [6, 6.07) is 2.52. The van der Waals surface area contributed by atoms with E-state index in [9.17, 15) is 19.5 Å². The Morgan fingerprint density at radius 2 is 1.79 bits per heavy atom. The van der Waals surface area contributed by atoms with Crippen molar-refractivity contribution in [2.24, 2.45) is 5.92 Å². The van der Waals surface area contributed by atoms with Crippen molar-refractivity contribution in [1.82, 2.24) is 5.32 Å². The van der Waals surface area contributed by atoms with Gasteiger partial charge in [-0.2, -0.15) is 0 Å². The zero-order valence-electron chi connectivity index (χ0n) is 17.1. The summed E-state index contributed by atoms with van der Waals surface area (Å²) in [6.07, 6.45) is -0.297. The van der Waals surface area contributed by atoms with Crippen molar-refractivity contribution in [3.8, 4) is 5.75 Å². The number of rotatable bonds is 7. The Bertz CT molecular complexity index is 962. The molecule has 0 saturated heterocycles. The summed E-state index contributed by atoms with van der Waals surface area (Å²) in [7, 11) is 0. The molecule has 2 aromatic rings. The van der Waals surface area contributed by atoms with Crippen LogP contribution in [0.2, 0.25) is 0 Å². The second-order valence-corrected chi connectivity index (χ2v) is 7.18. The van der Waals surface area contributed by atoms with Crippen molar-refractivity contribution in [1.29, 1.82) is 0 Å². The van der Waals surface area contributed by atoms with E-state index >= 15 is 0 Å². The fourth-order valence-corrected chi connectivity index (χ4v) is 2.95. The minimum atomic E-state index is -1.08. The maximum absolute atomic E-state index is 12.4. The van der Waals surface area contributed by atoms with Crippen molar-refractivity contribution in [2.45, 2.75) is 60.1 Å². The quantitative estimate of drug-likeness (QED) is 0.705. The molecule has 3 atom stereocenters. The molecule has 28 heavy (non-hydrogen) atoms. The van der Waals surface area contributed by atoms with Gasteiger partial charge in [-0.25, -0.2) is 9.59 Å². The van der Waals surface area contributed by atoms with Gasteiger partial charge >= 0.3 is 11.6 Å². The van der Waals surface area contributed by atoms with Crippen LogP contribution < -0.4 is 15.7 Å². The van der Waals surface area contributed by atoms with Gasteiger partial charge in [0.1, 0.15) is 17.4 Å². The van der Waals surface area contributed by atoms with Crippen molar-refractivity contribution in [2.75, 3.05) is 0 Å². The van der Waals surface area contributed by atoms with E-state index in [0.29, 0.717) is 28.9 Å². The van der Waals surface area contributed by atoms with Crippen LogP contribution in [0.15, 0.2) is 21.3 Å². The summed E-state index contributed by atoms with van der Waals surface area (Å²) in [5.41, 5.74) is 2.01. The molecule has 1 aromatic heterocycles. The van der Waals surface area contributed by atoms with Crippen molar-refractivity contribution in [3.05, 3.63) is 39.2 Å². The Morgan fingerprint density at radius 3 is 2.36 bits per heavy atom. The number of ether oxygens (including phenoxy) is 1. The maximum Gasteiger partial charge on any atom is 0.339 e. The molecule has 2 N–H and O–H groups in total. The predicted octanol–water partition coefficient (Wildman–Crippen LogP) is 3.10. The van der Waals surface area contributed by atoms with Crippen molar-refractivity contribution >= 4 is 22.8 Å². The molecule has 0 aliphatic rings. The number of fused-ring (bicyclic) bond motifs is 1. The molecule has 0 aliphatic carbocycles. The van der Waals surface area contributed by atoms with Gasteiger partial charge in [0, 0.05) is 16.5 Å². The third-order valence-electron chi connectivity index (χ3n) is 5.27. The van der Waals surface area contributed by atoms with E-state index in [0.717, 1.165) is 10.9 Å². The fourth-order valence-electron chi connectivity index (χ4n) is 2.95. The van der Waals surface area contributed by atoms with E-state index in [2.05, 4.69) is 5.32 Å². The first-order valence-corrected chi connectivity index (χ1v) is 9.31. The van der Waals surface area contributed by atoms with Gasteiger partial charge in [-0.15, -0.1) is 0 Å². The van der Waals surface area contributed by atoms with Crippen LogP contribution in [0.25, 0.3) is 11.0 Å². The molecular formula is C21H27NO6. The summed E-state index contributed by atoms with van der Waals surface area (Å²) in [4.78, 5) is 35.8. The number of aliphatic carboxylic acids is 1. The van der Waals surface area contributed by atoms with Gasteiger partial charge in [-0.1, -0.05) is 20.3 Å². The zero-order chi connectivity index (χ0) is 21.2. The highest BCUT2D eigenvalue weighted by Gasteiger charge is 2.28. The number of carbonyl (C=O) groups excluding carboxylic acids is 1. The lowest BCUT2D eigenvalue weighted by Gasteiger charge is -2.23. The molecule has 1 heterocycles. The van der Waals surface area contributed by atoms with Gasteiger partial charge in [0.2, 0.25) is 0 Å². The number of carboxylic acids is 1. The highest BCUT2D eigenvalue weighted by atomic mass is 16.5. The summed E-state index contributed by atoms with van der Waals surface area (Å²) in [5.74, 6) is -1.41. The van der Waals surface area contributed by atoms with E-state index in [1.807, 2.05) is 13.8 Å². The number of hydrogen-bond acceptors (Lipinski definition) is 5. The van der Waals surface area contributed by atoms with E-state index in [1.54, 1.807) is 39.8 Å². The number of hydrogen-bond donors (Lipinski definition) is 2. The van der Waals surface area contributed by atoms with Gasteiger partial charge in [-0.05, 0) is 51.3 Å². The topological polar surface area (TPSA) is 106 Å². The minimum absolute atomic E-state index is 0.212. The molecule has 0 spiro atoms. The number of carboxylic acid groups (broad SMARTS) is 1. The van der Waals surface area contributed by atoms with Crippen molar-refractivity contribution < 1.29 is 23.8 Å². The van der Waals surface area contributed by atoms with Gasteiger partial charge in [-0.3, -0.25) is 4.79 Å². The van der Waals surface area contributed by atoms with E-state index in [1.165, 1.54) is 0 Å². The first kappa shape index (κ1) is 21.5. The normalized spacial score (nSPS) is 14.4. The standard InChI is InChI=1S/C21H27NO6/c1-7-10(2)17(20(24)25)22-19(23)14(6)27-16-9-8-15-11(3)12(4)21(26)28-18(15)13(16)5/h8-10,14,17H,7H2,1-6H3,(H,22,23)(H,24,25)/t10-,14-,17+/m0/s1. The molecule has 152 valence electrons. The molecule has 0 radical (unpaired) electrons. The lowest BCUT2D eigenvalue weighted by molar-refractivity contribution is -0.144. The Kier molecular flexibility index (Phi) is 6.48. The zero-order valence-corrected chi connectivity index (χ0v) is 17.1. The summed E-state index contributed by atoms with van der Waals surface area (Å²) < 4.78 is 11.2. The number of nitrogens with one attached hydrogen (secondary N) is 1. The molecule has 0 fully saturated rings. The Balaban J connectivity index is 2.27. The minimum Gasteiger partial charge on any atom is -0.480 e. The number of amides is 1. The van der Waals surface area contributed by atoms with Gasteiger partial charge in [0.25, 0.3) is 5.91 Å². The number of carbonyl (C=O) groups is 2. The number of aryl methyl sites for hydroxylation is 2. The third kappa shape index (κ3) is 4.18. The lowest BCUT2D eigenvalue weighted by atomic mass is 9.99. The monoisotopic (exact) mass is 389 g/mol. The molecular weight excluding hydrogens is 362 g/mol. The largest absolute Gasteiger partial charge is 0.480 e. The van der Waals surface area contributed by atoms with Crippen LogP contribution in [0.3, 0.4) is 0 Å². The first-order valence-electron chi connectivity index (χ1n) is 9.31. The SMILES string of the molecule is CC[C@H](C)[C@@H](NC(=O)[C@H](C)Oc1ccc2c(C)c(C)c(=O)oc2c1C)C(=O)O. The maximum atomic E-state index is 12.4. The molecule has 7 nitrogen and oxygen atoms in total. The molecule has 0 bridgehead atoms. The lowest BCUT2D eigenvalue weighted by Crippen LogP contribution is -2.49. The predicted molar refractivity (Wildman–Crippen MR) is 106 cm³/mol. The summed E-state index contributed by atoms with van der Waals surface area (Å²) >= 11 is 0. The van der Waals surface area contributed by atoms with Gasteiger partial charge in [0.15, 0.2) is 6.10 Å². The Morgan fingerprint density at radius 1 is 1.14 bits per heavy atom. The molecule has 0 saturated carbocycles. The molecule has 1 amide bonds. The fraction of sp³-hybridized carbons (Fsp3) is 0.476. The van der Waals surface area contributed by atoms with Crippen LogP contribution in [0.5, 0.6) is 5.75 Å². The highest BCUT2D eigenvalue weighted by molar-refractivity contribution is 5.87. The molecule has 7 heteroatoms. The Hall–Kier alpha value is -2.83. The Labute approximate surface area is 163 Å². The van der Waals surface area contributed by atoms with E-state index in [4.69, 9.17) is 9.15 Å². The van der Waals surface area contributed by atoms with Crippen LogP contribution in [-0.2, 0) is 9.59 Å². The second-order valence-electron chi connectivity index (χ2n) is 7.18. The van der Waals surface area contributed by atoms with Gasteiger partial charge in [0.05, 0.1) is 0 Å². The van der Waals surface area contributed by atoms with Crippen molar-refractivity contribution in [3.63, 3.8) is 0 Å². The van der Waals surface area contributed by atoms with Gasteiger partial charge < -0.3 is 19.6 Å². The van der Waals surface area contributed by atoms with Crippen LogP contribution in [0, 0.1) is 26.7 Å². The summed E-state index contributed by atoms with van der Waals surface area (Å²) in [5, 5.41) is 12.7. The van der Waals surface area contributed by atoms with E-state index in [-0.39, 0.29) is 5.92 Å². The summed E-state index contributed by atoms with van der Waals surface area (Å²) in [6.45, 7) is 10.5. The smallest absolute Gasteiger partial charge is 0.339 e. The van der Waals surface area contributed by atoms with Crippen LogP contribution in [0.4, 0.5) is 0 Å². The molecule has 2 rings (SSSR count). The molecule has 0 aliphatic heterocycles. The first-order chi connectivity index (χ1) is 13.1. The number of benzene rings is 1. The average molecular weight is 389 g/mol. The van der Waals surface area contributed by atoms with Crippen LogP contribution in [-0.4, -0.2) is 29.1 Å².